The van der Waals surface area contributed by atoms with E-state index in [1.54, 1.807) is 26.8 Å². The molecule has 0 aromatic heterocycles. The molecule has 1 aromatic carbocycles. The fraction of sp³-hybridized carbons (Fsp3) is 0.500. The molecule has 22 heavy (non-hydrogen) atoms. The van der Waals surface area contributed by atoms with Crippen molar-refractivity contribution in [3.8, 4) is 5.75 Å². The van der Waals surface area contributed by atoms with E-state index in [9.17, 15) is 14.0 Å². The Morgan fingerprint density at radius 3 is 2.45 bits per heavy atom. The van der Waals surface area contributed by atoms with Gasteiger partial charge >= 0.3 is 5.97 Å². The average molecular weight is 311 g/mol. The molecule has 0 fully saturated rings. The maximum atomic E-state index is 13.6. The number of hydrogen-bond acceptors (Lipinski definition) is 3. The second-order valence-electron chi connectivity index (χ2n) is 5.21. The van der Waals surface area contributed by atoms with Gasteiger partial charge in [0.2, 0.25) is 0 Å². The molecule has 0 aliphatic carbocycles. The van der Waals surface area contributed by atoms with E-state index in [2.05, 4.69) is 0 Å². The molecule has 0 aliphatic rings. The van der Waals surface area contributed by atoms with Crippen LogP contribution >= 0.6 is 0 Å². The van der Waals surface area contributed by atoms with E-state index in [1.165, 1.54) is 23.1 Å². The molecule has 6 heteroatoms. The third kappa shape index (κ3) is 5.02. The van der Waals surface area contributed by atoms with Gasteiger partial charge in [0.1, 0.15) is 0 Å². The van der Waals surface area contributed by atoms with Gasteiger partial charge in [-0.1, -0.05) is 19.1 Å². The molecule has 1 N–H and O–H groups in total. The van der Waals surface area contributed by atoms with Gasteiger partial charge in [-0.25, -0.2) is 4.39 Å². The zero-order valence-corrected chi connectivity index (χ0v) is 13.1. The number of para-hydroxylation sites is 1. The Morgan fingerprint density at radius 2 is 1.95 bits per heavy atom. The van der Waals surface area contributed by atoms with Gasteiger partial charge in [-0.15, -0.1) is 0 Å². The Kier molecular flexibility index (Phi) is 6.82. The van der Waals surface area contributed by atoms with Crippen molar-refractivity contribution in [2.24, 2.45) is 0 Å². The van der Waals surface area contributed by atoms with Crippen LogP contribution in [0.3, 0.4) is 0 Å². The standard InChI is InChI=1S/C16H22FNO4/c1-4-13(22-14-8-6-5-7-12(14)17)16(21)18(11(2)3)10-9-15(19)20/h5-8,11,13H,4,9-10H2,1-3H3,(H,19,20). The number of carbonyl (C=O) groups is 2. The number of nitrogens with zero attached hydrogens (tertiary/aromatic N) is 1. The lowest BCUT2D eigenvalue weighted by atomic mass is 10.2. The quantitative estimate of drug-likeness (QED) is 0.801. The number of rotatable bonds is 8. The summed E-state index contributed by atoms with van der Waals surface area (Å²) in [5, 5.41) is 8.77. The molecule has 1 aromatic rings. The van der Waals surface area contributed by atoms with Gasteiger partial charge in [0.15, 0.2) is 17.7 Å². The van der Waals surface area contributed by atoms with Crippen LogP contribution in [-0.4, -0.2) is 40.6 Å². The molecule has 0 aliphatic heterocycles. The number of amides is 1. The van der Waals surface area contributed by atoms with Crippen molar-refractivity contribution in [3.63, 3.8) is 0 Å². The molecule has 5 nitrogen and oxygen atoms in total. The van der Waals surface area contributed by atoms with Crippen LogP contribution in [0.25, 0.3) is 0 Å². The second kappa shape index (κ2) is 8.36. The number of carboxylic acid groups (broad SMARTS) is 1. The van der Waals surface area contributed by atoms with Crippen molar-refractivity contribution in [1.29, 1.82) is 0 Å². The minimum Gasteiger partial charge on any atom is -0.481 e. The zero-order chi connectivity index (χ0) is 16.7. The number of ether oxygens (including phenoxy) is 1. The monoisotopic (exact) mass is 311 g/mol. The van der Waals surface area contributed by atoms with Crippen LogP contribution in [0.1, 0.15) is 33.6 Å². The number of carbonyl (C=O) groups excluding carboxylic acids is 1. The minimum absolute atomic E-state index is 0.0182. The molecule has 122 valence electrons. The smallest absolute Gasteiger partial charge is 0.305 e. The van der Waals surface area contributed by atoms with E-state index >= 15 is 0 Å². The topological polar surface area (TPSA) is 66.8 Å². The van der Waals surface area contributed by atoms with E-state index < -0.39 is 17.9 Å². The molecule has 0 spiro atoms. The Morgan fingerprint density at radius 1 is 1.32 bits per heavy atom. The van der Waals surface area contributed by atoms with Crippen molar-refractivity contribution < 1.29 is 23.8 Å². The maximum Gasteiger partial charge on any atom is 0.305 e. The fourth-order valence-electron chi connectivity index (χ4n) is 2.03. The summed E-state index contributed by atoms with van der Waals surface area (Å²) in [6.07, 6.45) is -0.614. The average Bonchev–Trinajstić information content (AvgIpc) is 2.45. The summed E-state index contributed by atoms with van der Waals surface area (Å²) in [6, 6.07) is 5.72. The molecule has 0 saturated carbocycles. The fourth-order valence-corrected chi connectivity index (χ4v) is 2.03. The van der Waals surface area contributed by atoms with Crippen LogP contribution in [-0.2, 0) is 9.59 Å². The number of hydrogen-bond donors (Lipinski definition) is 1. The summed E-state index contributed by atoms with van der Waals surface area (Å²) in [7, 11) is 0. The van der Waals surface area contributed by atoms with Crippen molar-refractivity contribution >= 4 is 11.9 Å². The first kappa shape index (κ1) is 17.9. The predicted molar refractivity (Wildman–Crippen MR) is 80.2 cm³/mol. The first-order valence-corrected chi connectivity index (χ1v) is 7.30. The van der Waals surface area contributed by atoms with Gasteiger partial charge in [0.05, 0.1) is 6.42 Å². The molecule has 0 saturated heterocycles. The molecule has 0 bridgehead atoms. The highest BCUT2D eigenvalue weighted by Gasteiger charge is 2.27. The third-order valence-electron chi connectivity index (χ3n) is 3.23. The first-order valence-electron chi connectivity index (χ1n) is 7.30. The van der Waals surface area contributed by atoms with Crippen LogP contribution in [0.15, 0.2) is 24.3 Å². The molecule has 1 rings (SSSR count). The van der Waals surface area contributed by atoms with Gasteiger partial charge < -0.3 is 14.7 Å². The normalized spacial score (nSPS) is 12.0. The van der Waals surface area contributed by atoms with Gasteiger partial charge in [-0.05, 0) is 32.4 Å². The SMILES string of the molecule is CCC(Oc1ccccc1F)C(=O)N(CCC(=O)O)C(C)C. The van der Waals surface area contributed by atoms with E-state index in [0.29, 0.717) is 6.42 Å². The number of aliphatic carboxylic acids is 1. The molecule has 1 unspecified atom stereocenters. The zero-order valence-electron chi connectivity index (χ0n) is 13.1. The summed E-state index contributed by atoms with van der Waals surface area (Å²) in [4.78, 5) is 24.7. The highest BCUT2D eigenvalue weighted by molar-refractivity contribution is 5.82. The van der Waals surface area contributed by atoms with E-state index in [1.807, 2.05) is 0 Å². The maximum absolute atomic E-state index is 13.6. The lowest BCUT2D eigenvalue weighted by Gasteiger charge is -2.30. The minimum atomic E-state index is -0.971. The van der Waals surface area contributed by atoms with E-state index in [0.717, 1.165) is 0 Å². The summed E-state index contributed by atoms with van der Waals surface area (Å²) in [5.74, 6) is -1.82. The van der Waals surface area contributed by atoms with Gasteiger partial charge in [0, 0.05) is 12.6 Å². The van der Waals surface area contributed by atoms with Crippen molar-refractivity contribution in [2.45, 2.75) is 45.8 Å². The van der Waals surface area contributed by atoms with Crippen LogP contribution in [0.5, 0.6) is 5.75 Å². The van der Waals surface area contributed by atoms with Gasteiger partial charge in [0.25, 0.3) is 5.91 Å². The molecule has 0 radical (unpaired) electrons. The largest absolute Gasteiger partial charge is 0.481 e. The van der Waals surface area contributed by atoms with Crippen LogP contribution in [0.4, 0.5) is 4.39 Å². The second-order valence-corrected chi connectivity index (χ2v) is 5.21. The van der Waals surface area contributed by atoms with Gasteiger partial charge in [-0.3, -0.25) is 9.59 Å². The van der Waals surface area contributed by atoms with Crippen LogP contribution in [0.2, 0.25) is 0 Å². The molecule has 1 amide bonds. The van der Waals surface area contributed by atoms with E-state index in [4.69, 9.17) is 9.84 Å². The Balaban J connectivity index is 2.84. The third-order valence-corrected chi connectivity index (χ3v) is 3.23. The molecule has 1 atom stereocenters. The summed E-state index contributed by atoms with van der Waals surface area (Å²) < 4.78 is 19.1. The van der Waals surface area contributed by atoms with Crippen molar-refractivity contribution in [2.75, 3.05) is 6.54 Å². The number of carboxylic acids is 1. The summed E-state index contributed by atoms with van der Waals surface area (Å²) in [5.41, 5.74) is 0. The lowest BCUT2D eigenvalue weighted by molar-refractivity contribution is -0.143. The molecular formula is C16H22FNO4. The first-order chi connectivity index (χ1) is 10.4. The Bertz CT molecular complexity index is 519. The molecule has 0 heterocycles. The predicted octanol–water partition coefficient (Wildman–Crippen LogP) is 2.69. The van der Waals surface area contributed by atoms with Gasteiger partial charge in [-0.2, -0.15) is 0 Å². The Hall–Kier alpha value is -2.11. The number of benzene rings is 1. The van der Waals surface area contributed by atoms with Crippen molar-refractivity contribution in [3.05, 3.63) is 30.1 Å². The highest BCUT2D eigenvalue weighted by atomic mass is 19.1. The lowest BCUT2D eigenvalue weighted by Crippen LogP contribution is -2.46. The van der Waals surface area contributed by atoms with Crippen molar-refractivity contribution in [1.82, 2.24) is 4.90 Å². The summed E-state index contributed by atoms with van der Waals surface area (Å²) in [6.45, 7) is 5.47. The van der Waals surface area contributed by atoms with E-state index in [-0.39, 0.29) is 30.7 Å². The Labute approximate surface area is 129 Å². The highest BCUT2D eigenvalue weighted by Crippen LogP contribution is 2.19. The number of halogens is 1. The van der Waals surface area contributed by atoms with Crippen LogP contribution < -0.4 is 4.74 Å². The molecular weight excluding hydrogens is 289 g/mol. The summed E-state index contributed by atoms with van der Waals surface area (Å²) >= 11 is 0. The van der Waals surface area contributed by atoms with Crippen LogP contribution in [0, 0.1) is 5.82 Å².